The first-order valence-corrected chi connectivity index (χ1v) is 9.02. The summed E-state index contributed by atoms with van der Waals surface area (Å²) in [6.07, 6.45) is 5.27. The minimum atomic E-state index is -1.32. The Balaban J connectivity index is 1.42. The number of carbonyl (C=O) groups excluding carboxylic acids is 1. The van der Waals surface area contributed by atoms with Crippen LogP contribution in [0.4, 0.5) is 0 Å². The van der Waals surface area contributed by atoms with Gasteiger partial charge in [0.2, 0.25) is 0 Å². The molecule has 1 N–H and O–H groups in total. The zero-order chi connectivity index (χ0) is 15.6. The average Bonchev–Trinajstić information content (AvgIpc) is 2.83. The fourth-order valence-electron chi connectivity index (χ4n) is 5.68. The van der Waals surface area contributed by atoms with E-state index in [1.54, 1.807) is 0 Å². The number of hydrogen-bond acceptors (Lipinski definition) is 4. The maximum atomic E-state index is 12.5. The van der Waals surface area contributed by atoms with Gasteiger partial charge < -0.3 is 14.6 Å². The molecule has 1 aliphatic heterocycles. The van der Waals surface area contributed by atoms with Gasteiger partial charge in [0.25, 0.3) is 0 Å². The Kier molecular flexibility index (Phi) is 3.36. The van der Waals surface area contributed by atoms with Crippen molar-refractivity contribution in [2.75, 3.05) is 0 Å². The molecule has 3 saturated carbocycles. The molecule has 3 aliphatic carbocycles. The molecule has 4 aliphatic rings. The molecule has 8 unspecified atom stereocenters. The number of rotatable bonds is 5. The van der Waals surface area contributed by atoms with Crippen LogP contribution in [0.25, 0.3) is 0 Å². The monoisotopic (exact) mass is 308 g/mol. The lowest BCUT2D eigenvalue weighted by Crippen LogP contribution is -2.44. The second-order valence-corrected chi connectivity index (χ2v) is 8.44. The maximum Gasteiger partial charge on any atom is 0.338 e. The highest BCUT2D eigenvalue weighted by molar-refractivity contribution is 5.79. The van der Waals surface area contributed by atoms with Crippen molar-refractivity contribution >= 4 is 5.97 Å². The number of epoxide rings is 1. The third kappa shape index (κ3) is 2.14. The van der Waals surface area contributed by atoms with Gasteiger partial charge in [0.1, 0.15) is 6.10 Å². The van der Waals surface area contributed by atoms with Crippen LogP contribution in [-0.2, 0) is 14.3 Å². The number of carbonyl (C=O) groups is 1. The van der Waals surface area contributed by atoms with Crippen molar-refractivity contribution in [1.82, 2.24) is 0 Å². The van der Waals surface area contributed by atoms with Gasteiger partial charge >= 0.3 is 5.97 Å². The van der Waals surface area contributed by atoms with Crippen LogP contribution in [0.2, 0.25) is 0 Å². The molecule has 4 fully saturated rings. The third-order valence-electron chi connectivity index (χ3n) is 6.66. The van der Waals surface area contributed by atoms with E-state index in [0.29, 0.717) is 42.8 Å². The van der Waals surface area contributed by atoms with Gasteiger partial charge in [-0.05, 0) is 55.8 Å². The molecular weight excluding hydrogens is 280 g/mol. The first kappa shape index (κ1) is 14.9. The summed E-state index contributed by atoms with van der Waals surface area (Å²) >= 11 is 0. The van der Waals surface area contributed by atoms with Gasteiger partial charge in [-0.1, -0.05) is 20.8 Å². The summed E-state index contributed by atoms with van der Waals surface area (Å²) in [7, 11) is 0. The highest BCUT2D eigenvalue weighted by atomic mass is 16.6. The second kappa shape index (κ2) is 4.94. The summed E-state index contributed by atoms with van der Waals surface area (Å²) in [5.74, 6) is 2.48. The molecule has 0 aromatic heterocycles. The van der Waals surface area contributed by atoms with Crippen molar-refractivity contribution < 1.29 is 19.4 Å². The van der Waals surface area contributed by atoms with E-state index in [9.17, 15) is 9.90 Å². The van der Waals surface area contributed by atoms with Gasteiger partial charge in [0, 0.05) is 5.92 Å². The normalized spacial score (nSPS) is 47.2. The molecule has 1 heterocycles. The van der Waals surface area contributed by atoms with Crippen LogP contribution in [-0.4, -0.2) is 35.0 Å². The van der Waals surface area contributed by atoms with E-state index in [1.165, 1.54) is 12.8 Å². The summed E-state index contributed by atoms with van der Waals surface area (Å²) in [5, 5.41) is 10.6. The zero-order valence-electron chi connectivity index (χ0n) is 13.8. The summed E-state index contributed by atoms with van der Waals surface area (Å²) in [6, 6.07) is 0. The molecular formula is C18H28O4. The van der Waals surface area contributed by atoms with E-state index in [1.807, 2.05) is 20.8 Å². The molecule has 0 radical (unpaired) electrons. The zero-order valence-corrected chi connectivity index (χ0v) is 13.8. The Morgan fingerprint density at radius 3 is 2.77 bits per heavy atom. The molecule has 0 amide bonds. The van der Waals surface area contributed by atoms with E-state index in [-0.39, 0.29) is 12.0 Å². The van der Waals surface area contributed by atoms with Gasteiger partial charge in [0.15, 0.2) is 5.60 Å². The van der Waals surface area contributed by atoms with Crippen molar-refractivity contribution in [2.24, 2.45) is 29.6 Å². The SMILES string of the molecule is CCC(O)(CC(C)C)C(=O)OC1CC2CC1C1C2CC2OC21. The second-order valence-electron chi connectivity index (χ2n) is 8.44. The predicted octanol–water partition coefficient (Wildman–Crippen LogP) is 2.53. The highest BCUT2D eigenvalue weighted by Crippen LogP contribution is 2.64. The van der Waals surface area contributed by atoms with Gasteiger partial charge in [-0.2, -0.15) is 0 Å². The largest absolute Gasteiger partial charge is 0.460 e. The molecule has 22 heavy (non-hydrogen) atoms. The molecule has 0 spiro atoms. The minimum absolute atomic E-state index is 0.00642. The molecule has 0 aromatic carbocycles. The Morgan fingerprint density at radius 2 is 2.09 bits per heavy atom. The molecule has 0 aromatic rings. The van der Waals surface area contributed by atoms with Crippen LogP contribution < -0.4 is 0 Å². The van der Waals surface area contributed by atoms with Gasteiger partial charge in [-0.15, -0.1) is 0 Å². The smallest absolute Gasteiger partial charge is 0.338 e. The first-order chi connectivity index (χ1) is 10.4. The molecule has 8 atom stereocenters. The van der Waals surface area contributed by atoms with Crippen LogP contribution in [0.3, 0.4) is 0 Å². The maximum absolute atomic E-state index is 12.5. The van der Waals surface area contributed by atoms with E-state index in [4.69, 9.17) is 9.47 Å². The Labute approximate surface area is 132 Å². The minimum Gasteiger partial charge on any atom is -0.460 e. The highest BCUT2D eigenvalue weighted by Gasteiger charge is 2.67. The van der Waals surface area contributed by atoms with Crippen LogP contribution in [0.15, 0.2) is 0 Å². The van der Waals surface area contributed by atoms with Gasteiger partial charge in [-0.3, -0.25) is 0 Å². The Bertz CT molecular complexity index is 476. The lowest BCUT2D eigenvalue weighted by atomic mass is 9.79. The number of aliphatic hydroxyl groups is 1. The van der Waals surface area contributed by atoms with Crippen molar-refractivity contribution in [3.63, 3.8) is 0 Å². The molecule has 1 saturated heterocycles. The van der Waals surface area contributed by atoms with Crippen molar-refractivity contribution in [1.29, 1.82) is 0 Å². The fourth-order valence-corrected chi connectivity index (χ4v) is 5.68. The molecule has 4 nitrogen and oxygen atoms in total. The molecule has 4 rings (SSSR count). The summed E-state index contributed by atoms with van der Waals surface area (Å²) in [4.78, 5) is 12.5. The summed E-state index contributed by atoms with van der Waals surface area (Å²) in [5.41, 5.74) is -1.32. The van der Waals surface area contributed by atoms with E-state index in [2.05, 4.69) is 0 Å². The van der Waals surface area contributed by atoms with Crippen molar-refractivity contribution in [2.45, 2.75) is 76.8 Å². The first-order valence-electron chi connectivity index (χ1n) is 9.02. The Hall–Kier alpha value is -0.610. The number of ether oxygens (including phenoxy) is 2. The number of fused-ring (bicyclic) bond motifs is 7. The van der Waals surface area contributed by atoms with Crippen LogP contribution in [0.1, 0.15) is 52.9 Å². The number of hydrogen-bond donors (Lipinski definition) is 1. The van der Waals surface area contributed by atoms with Crippen molar-refractivity contribution in [3.05, 3.63) is 0 Å². The average molecular weight is 308 g/mol. The standard InChI is InChI=1S/C18H28O4/c1-4-18(20,8-9(2)3)17(19)22-13-6-10-5-12(13)15-11(10)7-14-16(15)21-14/h9-16,20H,4-8H2,1-3H3. The van der Waals surface area contributed by atoms with Crippen LogP contribution >= 0.6 is 0 Å². The Morgan fingerprint density at radius 1 is 1.32 bits per heavy atom. The number of esters is 1. The topological polar surface area (TPSA) is 59.1 Å². The van der Waals surface area contributed by atoms with Gasteiger partial charge in [0.05, 0.1) is 12.2 Å². The van der Waals surface area contributed by atoms with E-state index >= 15 is 0 Å². The quantitative estimate of drug-likeness (QED) is 0.626. The van der Waals surface area contributed by atoms with Gasteiger partial charge in [-0.25, -0.2) is 4.79 Å². The summed E-state index contributed by atoms with van der Waals surface area (Å²) < 4.78 is 11.6. The van der Waals surface area contributed by atoms with Crippen molar-refractivity contribution in [3.8, 4) is 0 Å². The van der Waals surface area contributed by atoms with Crippen LogP contribution in [0.5, 0.6) is 0 Å². The molecule has 2 bridgehead atoms. The van der Waals surface area contributed by atoms with Crippen LogP contribution in [0, 0.1) is 29.6 Å². The molecule has 124 valence electrons. The predicted molar refractivity (Wildman–Crippen MR) is 81.0 cm³/mol. The van der Waals surface area contributed by atoms with E-state index < -0.39 is 11.6 Å². The third-order valence-corrected chi connectivity index (χ3v) is 6.66. The lowest BCUT2D eigenvalue weighted by molar-refractivity contribution is -0.177. The summed E-state index contributed by atoms with van der Waals surface area (Å²) in [6.45, 7) is 5.92. The van der Waals surface area contributed by atoms with E-state index in [0.717, 1.165) is 12.3 Å². The molecule has 4 heteroatoms. The fraction of sp³-hybridized carbons (Fsp3) is 0.944. The lowest BCUT2D eigenvalue weighted by Gasteiger charge is -2.35.